The fraction of sp³-hybridized carbons (Fsp3) is 0.125. The number of nitrogens with one attached hydrogen (secondary N) is 2. The van der Waals surface area contributed by atoms with E-state index in [1.54, 1.807) is 6.20 Å². The molecular weight excluding hydrogens is 200 g/mol. The van der Waals surface area contributed by atoms with Gasteiger partial charge < -0.3 is 10.3 Å². The Morgan fingerprint density at radius 1 is 1.43 bits per heavy atom. The van der Waals surface area contributed by atoms with E-state index in [2.05, 4.69) is 20.3 Å². The van der Waals surface area contributed by atoms with Crippen LogP contribution in [0.2, 0.25) is 0 Å². The number of H-pyrrole nitrogens is 1. The van der Waals surface area contributed by atoms with Gasteiger partial charge in [-0.2, -0.15) is 0 Å². The van der Waals surface area contributed by atoms with Gasteiger partial charge in [0.2, 0.25) is 0 Å². The van der Waals surface area contributed by atoms with Crippen LogP contribution in [0.5, 0.6) is 0 Å². The number of rotatable bonds is 3. The molecule has 0 radical (unpaired) electrons. The number of aromatic nitrogens is 3. The van der Waals surface area contributed by atoms with Crippen molar-refractivity contribution in [2.24, 2.45) is 0 Å². The lowest BCUT2D eigenvalue weighted by atomic mass is 10.6. The van der Waals surface area contributed by atoms with Gasteiger partial charge in [-0.3, -0.25) is 4.79 Å². The average Bonchev–Trinajstić information content (AvgIpc) is 2.69. The largest absolute Gasteiger partial charge is 0.359 e. The minimum absolute atomic E-state index is 0.218. The summed E-state index contributed by atoms with van der Waals surface area (Å²) in [6, 6.07) is 0. The van der Waals surface area contributed by atoms with E-state index >= 15 is 0 Å². The van der Waals surface area contributed by atoms with Gasteiger partial charge >= 0.3 is 0 Å². The molecule has 2 N–H and O–H groups in total. The Kier molecular flexibility index (Phi) is 2.55. The zero-order chi connectivity index (χ0) is 9.80. The molecule has 6 heteroatoms. The van der Waals surface area contributed by atoms with Crippen molar-refractivity contribution in [3.05, 3.63) is 39.3 Å². The van der Waals surface area contributed by atoms with Crippen LogP contribution in [0, 0.1) is 0 Å². The molecular formula is C8H8N4OS. The van der Waals surface area contributed by atoms with Gasteiger partial charge in [-0.1, -0.05) is 0 Å². The van der Waals surface area contributed by atoms with Crippen molar-refractivity contribution in [3.63, 3.8) is 0 Å². The average molecular weight is 208 g/mol. The third-order valence-corrected chi connectivity index (χ3v) is 2.38. The van der Waals surface area contributed by atoms with Crippen molar-refractivity contribution < 1.29 is 0 Å². The highest BCUT2D eigenvalue weighted by molar-refractivity contribution is 7.09. The van der Waals surface area contributed by atoms with Crippen LogP contribution in [0.4, 0.5) is 5.82 Å². The van der Waals surface area contributed by atoms with E-state index in [1.165, 1.54) is 23.7 Å². The van der Waals surface area contributed by atoms with Crippen molar-refractivity contribution >= 4 is 17.2 Å². The van der Waals surface area contributed by atoms with E-state index in [9.17, 15) is 4.79 Å². The number of nitrogens with zero attached hydrogens (tertiary/aromatic N) is 2. The smallest absolute Gasteiger partial charge is 0.290 e. The van der Waals surface area contributed by atoms with Crippen LogP contribution in [-0.2, 0) is 6.54 Å². The minimum atomic E-state index is -0.218. The summed E-state index contributed by atoms with van der Waals surface area (Å²) in [5, 5.41) is 5.72. The van der Waals surface area contributed by atoms with Gasteiger partial charge in [0.15, 0.2) is 5.82 Å². The topological polar surface area (TPSA) is 70.7 Å². The molecule has 0 aliphatic rings. The van der Waals surface area contributed by atoms with Crippen molar-refractivity contribution in [1.29, 1.82) is 0 Å². The standard InChI is InChI=1S/C8H8N4OS/c13-8-7(10-1-2-11-8)12-5-6-9-3-4-14-6/h1-4H,5H2,(H,10,12)(H,11,13). The number of hydrogen-bond acceptors (Lipinski definition) is 5. The molecule has 0 aliphatic carbocycles. The van der Waals surface area contributed by atoms with Gasteiger partial charge in [0.1, 0.15) is 5.01 Å². The molecule has 0 aliphatic heterocycles. The summed E-state index contributed by atoms with van der Waals surface area (Å²) in [6.45, 7) is 0.526. The second-order valence-corrected chi connectivity index (χ2v) is 3.53. The quantitative estimate of drug-likeness (QED) is 0.784. The van der Waals surface area contributed by atoms with Gasteiger partial charge in [0.25, 0.3) is 5.56 Å². The van der Waals surface area contributed by atoms with Gasteiger partial charge in [-0.15, -0.1) is 11.3 Å². The molecule has 2 aromatic rings. The van der Waals surface area contributed by atoms with Crippen molar-refractivity contribution in [1.82, 2.24) is 15.0 Å². The lowest BCUT2D eigenvalue weighted by Gasteiger charge is -2.00. The van der Waals surface area contributed by atoms with E-state index in [0.29, 0.717) is 12.4 Å². The van der Waals surface area contributed by atoms with Gasteiger partial charge in [-0.25, -0.2) is 9.97 Å². The molecule has 0 spiro atoms. The zero-order valence-corrected chi connectivity index (χ0v) is 8.04. The first kappa shape index (κ1) is 8.89. The van der Waals surface area contributed by atoms with Crippen molar-refractivity contribution in [2.45, 2.75) is 6.54 Å². The SMILES string of the molecule is O=c1[nH]ccnc1NCc1nccs1. The van der Waals surface area contributed by atoms with Crippen LogP contribution in [-0.4, -0.2) is 15.0 Å². The molecule has 14 heavy (non-hydrogen) atoms. The maximum atomic E-state index is 11.2. The first-order chi connectivity index (χ1) is 6.86. The molecule has 0 fully saturated rings. The second kappa shape index (κ2) is 4.01. The first-order valence-electron chi connectivity index (χ1n) is 4.02. The van der Waals surface area contributed by atoms with E-state index in [4.69, 9.17) is 0 Å². The molecule has 5 nitrogen and oxygen atoms in total. The third-order valence-electron chi connectivity index (χ3n) is 1.60. The van der Waals surface area contributed by atoms with Crippen LogP contribution in [0.1, 0.15) is 5.01 Å². The van der Waals surface area contributed by atoms with Crippen molar-refractivity contribution in [3.8, 4) is 0 Å². The minimum Gasteiger partial charge on any atom is -0.359 e. The Bertz CT molecular complexity index is 450. The summed E-state index contributed by atoms with van der Waals surface area (Å²) in [4.78, 5) is 21.7. The van der Waals surface area contributed by atoms with Crippen LogP contribution in [0.15, 0.2) is 28.8 Å². The fourth-order valence-corrected chi connectivity index (χ4v) is 1.53. The molecule has 72 valence electrons. The van der Waals surface area contributed by atoms with E-state index in [0.717, 1.165) is 5.01 Å². The summed E-state index contributed by atoms with van der Waals surface area (Å²) in [5.74, 6) is 0.322. The predicted molar refractivity (Wildman–Crippen MR) is 54.3 cm³/mol. The molecule has 2 rings (SSSR count). The normalized spacial score (nSPS) is 10.0. The Hall–Kier alpha value is -1.69. The Morgan fingerprint density at radius 2 is 2.36 bits per heavy atom. The number of thiazole rings is 1. The first-order valence-corrected chi connectivity index (χ1v) is 4.90. The van der Waals surface area contributed by atoms with Crippen LogP contribution < -0.4 is 10.9 Å². The molecule has 0 saturated carbocycles. The summed E-state index contributed by atoms with van der Waals surface area (Å²) < 4.78 is 0. The van der Waals surface area contributed by atoms with Crippen LogP contribution in [0.3, 0.4) is 0 Å². The van der Waals surface area contributed by atoms with Gasteiger partial charge in [0, 0.05) is 24.0 Å². The van der Waals surface area contributed by atoms with Crippen molar-refractivity contribution in [2.75, 3.05) is 5.32 Å². The molecule has 0 amide bonds. The van der Waals surface area contributed by atoms with Crippen LogP contribution in [0.25, 0.3) is 0 Å². The van der Waals surface area contributed by atoms with Crippen LogP contribution >= 0.6 is 11.3 Å². The molecule has 0 atom stereocenters. The lowest BCUT2D eigenvalue weighted by Crippen LogP contribution is -2.14. The molecule has 2 aromatic heterocycles. The maximum Gasteiger partial charge on any atom is 0.290 e. The Morgan fingerprint density at radius 3 is 3.07 bits per heavy atom. The number of hydrogen-bond donors (Lipinski definition) is 2. The summed E-state index contributed by atoms with van der Waals surface area (Å²) >= 11 is 1.53. The highest BCUT2D eigenvalue weighted by atomic mass is 32.1. The number of anilines is 1. The van der Waals surface area contributed by atoms with E-state index < -0.39 is 0 Å². The maximum absolute atomic E-state index is 11.2. The zero-order valence-electron chi connectivity index (χ0n) is 7.23. The molecule has 0 bridgehead atoms. The summed E-state index contributed by atoms with van der Waals surface area (Å²) in [6.07, 6.45) is 4.76. The molecule has 0 aromatic carbocycles. The number of aromatic amines is 1. The summed E-state index contributed by atoms with van der Waals surface area (Å²) in [5.41, 5.74) is -0.218. The lowest BCUT2D eigenvalue weighted by molar-refractivity contribution is 1.04. The van der Waals surface area contributed by atoms with E-state index in [1.807, 2.05) is 5.38 Å². The Balaban J connectivity index is 2.06. The Labute approximate surface area is 83.9 Å². The summed E-state index contributed by atoms with van der Waals surface area (Å²) in [7, 11) is 0. The second-order valence-electron chi connectivity index (χ2n) is 2.55. The fourth-order valence-electron chi connectivity index (χ4n) is 0.977. The van der Waals surface area contributed by atoms with Gasteiger partial charge in [0.05, 0.1) is 6.54 Å². The predicted octanol–water partition coefficient (Wildman–Crippen LogP) is 0.838. The van der Waals surface area contributed by atoms with Gasteiger partial charge in [-0.05, 0) is 0 Å². The highest BCUT2D eigenvalue weighted by Crippen LogP contribution is 2.04. The third kappa shape index (κ3) is 1.97. The molecule has 0 saturated heterocycles. The monoisotopic (exact) mass is 208 g/mol. The highest BCUT2D eigenvalue weighted by Gasteiger charge is 1.99. The molecule has 0 unspecified atom stereocenters. The van der Waals surface area contributed by atoms with E-state index in [-0.39, 0.29) is 5.56 Å². The molecule has 2 heterocycles.